The van der Waals surface area contributed by atoms with E-state index in [2.05, 4.69) is 30.7 Å². The average molecular weight is 288 g/mol. The van der Waals surface area contributed by atoms with E-state index < -0.39 is 0 Å². The molecule has 0 amide bonds. The van der Waals surface area contributed by atoms with Gasteiger partial charge in [-0.15, -0.1) is 0 Å². The molecule has 2 fully saturated rings. The van der Waals surface area contributed by atoms with Crippen LogP contribution in [0.4, 0.5) is 0 Å². The summed E-state index contributed by atoms with van der Waals surface area (Å²) in [7, 11) is 2.25. The van der Waals surface area contributed by atoms with Crippen LogP contribution in [0.5, 0.6) is 5.75 Å². The molecule has 1 aromatic carbocycles. The van der Waals surface area contributed by atoms with Crippen LogP contribution in [-0.2, 0) is 6.54 Å². The van der Waals surface area contributed by atoms with Crippen molar-refractivity contribution in [2.24, 2.45) is 5.41 Å². The lowest BCUT2D eigenvalue weighted by atomic mass is 9.79. The van der Waals surface area contributed by atoms with Crippen molar-refractivity contribution in [2.75, 3.05) is 33.2 Å². The Kier molecular flexibility index (Phi) is 3.98. The maximum Gasteiger partial charge on any atom is 0.116 e. The first-order chi connectivity index (χ1) is 9.97. The second-order valence-electron chi connectivity index (χ2n) is 7.36. The fourth-order valence-corrected chi connectivity index (χ4v) is 4.38. The van der Waals surface area contributed by atoms with E-state index in [9.17, 15) is 5.11 Å². The van der Waals surface area contributed by atoms with Crippen molar-refractivity contribution < 1.29 is 5.11 Å². The molecular weight excluding hydrogens is 260 g/mol. The lowest BCUT2D eigenvalue weighted by molar-refractivity contribution is 0.0897. The van der Waals surface area contributed by atoms with Crippen LogP contribution < -0.4 is 0 Å². The molecule has 2 saturated heterocycles. The minimum absolute atomic E-state index is 0.390. The molecule has 2 heterocycles. The summed E-state index contributed by atoms with van der Waals surface area (Å²) in [4.78, 5) is 5.12. The summed E-state index contributed by atoms with van der Waals surface area (Å²) in [5.41, 5.74) is 4.37. The zero-order valence-corrected chi connectivity index (χ0v) is 13.7. The highest BCUT2D eigenvalue weighted by atomic mass is 16.3. The number of nitrogens with zero attached hydrogens (tertiary/aromatic N) is 2. The van der Waals surface area contributed by atoms with Gasteiger partial charge in [-0.05, 0) is 87.5 Å². The van der Waals surface area contributed by atoms with Crippen molar-refractivity contribution >= 4 is 0 Å². The van der Waals surface area contributed by atoms with Crippen LogP contribution in [0.3, 0.4) is 0 Å². The maximum absolute atomic E-state index is 9.70. The third kappa shape index (κ3) is 3.09. The molecule has 1 spiro atoms. The van der Waals surface area contributed by atoms with E-state index in [0.29, 0.717) is 11.2 Å². The van der Waals surface area contributed by atoms with E-state index in [1.165, 1.54) is 62.1 Å². The molecule has 2 aliphatic heterocycles. The van der Waals surface area contributed by atoms with Crippen LogP contribution in [0.1, 0.15) is 36.0 Å². The first kappa shape index (κ1) is 14.9. The minimum Gasteiger partial charge on any atom is -0.508 e. The number of phenolic OH excluding ortho intramolecular Hbond substituents is 1. The summed E-state index contributed by atoms with van der Waals surface area (Å²) in [6.07, 6.45) is 4.07. The van der Waals surface area contributed by atoms with Crippen LogP contribution in [0.15, 0.2) is 12.1 Å². The monoisotopic (exact) mass is 288 g/mol. The third-order valence-corrected chi connectivity index (χ3v) is 5.43. The highest BCUT2D eigenvalue weighted by Crippen LogP contribution is 2.39. The lowest BCUT2D eigenvalue weighted by Gasteiger charge is -2.40. The molecule has 3 heteroatoms. The number of piperidine rings is 1. The summed E-state index contributed by atoms with van der Waals surface area (Å²) < 4.78 is 0. The van der Waals surface area contributed by atoms with Gasteiger partial charge in [-0.25, -0.2) is 0 Å². The number of rotatable bonds is 2. The van der Waals surface area contributed by atoms with Crippen LogP contribution >= 0.6 is 0 Å². The molecule has 1 atom stereocenters. The molecule has 2 aliphatic rings. The number of hydrogen-bond acceptors (Lipinski definition) is 3. The molecule has 116 valence electrons. The molecule has 21 heavy (non-hydrogen) atoms. The Morgan fingerprint density at radius 1 is 1.10 bits per heavy atom. The zero-order valence-electron chi connectivity index (χ0n) is 13.7. The molecule has 0 bridgehead atoms. The van der Waals surface area contributed by atoms with E-state index >= 15 is 0 Å². The molecule has 0 aliphatic carbocycles. The first-order valence-corrected chi connectivity index (χ1v) is 8.17. The molecule has 1 aromatic rings. The number of hydrogen-bond donors (Lipinski definition) is 1. The van der Waals surface area contributed by atoms with Crippen LogP contribution in [-0.4, -0.2) is 48.1 Å². The maximum atomic E-state index is 9.70. The number of aryl methyl sites for hydroxylation is 2. The van der Waals surface area contributed by atoms with Gasteiger partial charge in [-0.3, -0.25) is 4.90 Å². The second-order valence-corrected chi connectivity index (χ2v) is 7.36. The van der Waals surface area contributed by atoms with Gasteiger partial charge in [0.1, 0.15) is 5.75 Å². The Morgan fingerprint density at radius 3 is 2.43 bits per heavy atom. The summed E-state index contributed by atoms with van der Waals surface area (Å²) in [5, 5.41) is 9.70. The smallest absolute Gasteiger partial charge is 0.116 e. The third-order valence-electron chi connectivity index (χ3n) is 5.43. The second kappa shape index (κ2) is 5.62. The standard InChI is InChI=1S/C18H28N2O/c1-14-9-16(21)10-15(2)17(14)11-20-7-4-5-18(13-20)6-8-19(3)12-18/h9-10,21H,4-8,11-13H2,1-3H3/t18-/m0/s1. The summed E-state index contributed by atoms with van der Waals surface area (Å²) in [5.74, 6) is 0.390. The van der Waals surface area contributed by atoms with E-state index in [0.717, 1.165) is 6.54 Å². The average Bonchev–Trinajstić information content (AvgIpc) is 2.75. The van der Waals surface area contributed by atoms with E-state index in [4.69, 9.17) is 0 Å². The number of phenols is 1. The topological polar surface area (TPSA) is 26.7 Å². The Hall–Kier alpha value is -1.06. The molecule has 3 rings (SSSR count). The highest BCUT2D eigenvalue weighted by molar-refractivity contribution is 5.40. The predicted molar refractivity (Wildman–Crippen MR) is 86.6 cm³/mol. The molecule has 0 radical (unpaired) electrons. The first-order valence-electron chi connectivity index (χ1n) is 8.17. The van der Waals surface area contributed by atoms with Gasteiger partial charge in [0.15, 0.2) is 0 Å². The van der Waals surface area contributed by atoms with Crippen molar-refractivity contribution in [2.45, 2.75) is 39.7 Å². The van der Waals surface area contributed by atoms with Gasteiger partial charge < -0.3 is 10.0 Å². The predicted octanol–water partition coefficient (Wildman–Crippen LogP) is 2.93. The van der Waals surface area contributed by atoms with Crippen molar-refractivity contribution in [3.63, 3.8) is 0 Å². The van der Waals surface area contributed by atoms with Gasteiger partial charge in [0.05, 0.1) is 0 Å². The number of benzene rings is 1. The molecule has 3 nitrogen and oxygen atoms in total. The normalized spacial score (nSPS) is 27.6. The number of likely N-dealkylation sites (tertiary alicyclic amines) is 2. The molecular formula is C18H28N2O. The summed E-state index contributed by atoms with van der Waals surface area (Å²) in [6, 6.07) is 3.79. The summed E-state index contributed by atoms with van der Waals surface area (Å²) >= 11 is 0. The van der Waals surface area contributed by atoms with Gasteiger partial charge >= 0.3 is 0 Å². The number of aromatic hydroxyl groups is 1. The fraction of sp³-hybridized carbons (Fsp3) is 0.667. The Labute approximate surface area is 128 Å². The highest BCUT2D eigenvalue weighted by Gasteiger charge is 2.40. The SMILES string of the molecule is Cc1cc(O)cc(C)c1CN1CCC[C@@]2(CCN(C)C2)C1. The van der Waals surface area contributed by atoms with Crippen molar-refractivity contribution in [1.82, 2.24) is 9.80 Å². The minimum atomic E-state index is 0.390. The Balaban J connectivity index is 1.73. The molecule has 1 N–H and O–H groups in total. The summed E-state index contributed by atoms with van der Waals surface area (Å²) in [6.45, 7) is 10.2. The molecule has 0 saturated carbocycles. The fourth-order valence-electron chi connectivity index (χ4n) is 4.38. The molecule has 0 unspecified atom stereocenters. The van der Waals surface area contributed by atoms with Crippen molar-refractivity contribution in [1.29, 1.82) is 0 Å². The van der Waals surface area contributed by atoms with Crippen LogP contribution in [0, 0.1) is 19.3 Å². The lowest BCUT2D eigenvalue weighted by Crippen LogP contribution is -2.44. The van der Waals surface area contributed by atoms with Gasteiger partial charge in [-0.2, -0.15) is 0 Å². The van der Waals surface area contributed by atoms with Gasteiger partial charge in [0.2, 0.25) is 0 Å². The molecule has 0 aromatic heterocycles. The van der Waals surface area contributed by atoms with E-state index in [1.54, 1.807) is 0 Å². The van der Waals surface area contributed by atoms with E-state index in [1.807, 2.05) is 12.1 Å². The Bertz CT molecular complexity index is 501. The van der Waals surface area contributed by atoms with Crippen molar-refractivity contribution in [3.8, 4) is 5.75 Å². The quantitative estimate of drug-likeness (QED) is 0.906. The largest absolute Gasteiger partial charge is 0.508 e. The Morgan fingerprint density at radius 2 is 1.81 bits per heavy atom. The van der Waals surface area contributed by atoms with Crippen LogP contribution in [0.25, 0.3) is 0 Å². The van der Waals surface area contributed by atoms with Gasteiger partial charge in [-0.1, -0.05) is 0 Å². The van der Waals surface area contributed by atoms with Gasteiger partial charge in [0, 0.05) is 19.6 Å². The van der Waals surface area contributed by atoms with Crippen LogP contribution in [0.2, 0.25) is 0 Å². The van der Waals surface area contributed by atoms with Crippen molar-refractivity contribution in [3.05, 3.63) is 28.8 Å². The van der Waals surface area contributed by atoms with E-state index in [-0.39, 0.29) is 0 Å². The van der Waals surface area contributed by atoms with Gasteiger partial charge in [0.25, 0.3) is 0 Å². The zero-order chi connectivity index (χ0) is 15.0.